The average molecular weight is 413 g/mol. The number of hydrogen-bond donors (Lipinski definition) is 2. The molecule has 26 heavy (non-hydrogen) atoms. The van der Waals surface area contributed by atoms with Crippen LogP contribution in [-0.2, 0) is 13.1 Å². The molecule has 0 aliphatic heterocycles. The molecule has 1 atom stereocenters. The van der Waals surface area contributed by atoms with Crippen molar-refractivity contribution in [3.63, 3.8) is 0 Å². The fourth-order valence-electron chi connectivity index (χ4n) is 2.45. The topological polar surface area (TPSA) is 69.6 Å². The van der Waals surface area contributed by atoms with Gasteiger partial charge in [0.05, 0.1) is 13.1 Å². The SMILES string of the molecule is CC(CCCCSC(=O)N(Cc1cccs1)Cc1cccs1)NC(=O)O. The molecule has 0 bridgehead atoms. The third-order valence-electron chi connectivity index (χ3n) is 3.74. The number of thiophene rings is 2. The van der Waals surface area contributed by atoms with E-state index in [9.17, 15) is 9.59 Å². The molecule has 5 nitrogen and oxygen atoms in total. The Labute approximate surface area is 166 Å². The number of thioether (sulfide) groups is 1. The first-order valence-corrected chi connectivity index (χ1v) is 11.2. The van der Waals surface area contributed by atoms with E-state index in [4.69, 9.17) is 5.11 Å². The second-order valence-corrected chi connectivity index (χ2v) is 9.09. The molecule has 8 heteroatoms. The summed E-state index contributed by atoms with van der Waals surface area (Å²) in [6.45, 7) is 3.14. The van der Waals surface area contributed by atoms with Gasteiger partial charge in [-0.15, -0.1) is 22.7 Å². The van der Waals surface area contributed by atoms with Crippen LogP contribution in [-0.4, -0.2) is 33.1 Å². The normalized spacial score (nSPS) is 11.9. The lowest BCUT2D eigenvalue weighted by Crippen LogP contribution is -2.30. The summed E-state index contributed by atoms with van der Waals surface area (Å²) in [5.74, 6) is 0.754. The quantitative estimate of drug-likeness (QED) is 0.506. The van der Waals surface area contributed by atoms with Crippen LogP contribution in [0.2, 0.25) is 0 Å². The van der Waals surface area contributed by atoms with E-state index in [1.54, 1.807) is 22.7 Å². The summed E-state index contributed by atoms with van der Waals surface area (Å²) in [5.41, 5.74) is 0. The van der Waals surface area contributed by atoms with Gasteiger partial charge in [-0.3, -0.25) is 4.79 Å². The summed E-state index contributed by atoms with van der Waals surface area (Å²) in [7, 11) is 0. The second-order valence-electron chi connectivity index (χ2n) is 5.98. The Morgan fingerprint density at radius 1 is 1.15 bits per heavy atom. The monoisotopic (exact) mass is 412 g/mol. The van der Waals surface area contributed by atoms with E-state index in [2.05, 4.69) is 17.4 Å². The molecule has 2 amide bonds. The van der Waals surface area contributed by atoms with Crippen molar-refractivity contribution in [3.8, 4) is 0 Å². The first-order valence-electron chi connectivity index (χ1n) is 8.50. The van der Waals surface area contributed by atoms with Crippen LogP contribution in [0.1, 0.15) is 35.9 Å². The molecule has 0 saturated carbocycles. The van der Waals surface area contributed by atoms with Crippen molar-refractivity contribution >= 4 is 45.8 Å². The molecule has 0 spiro atoms. The average Bonchev–Trinajstić information content (AvgIpc) is 3.27. The van der Waals surface area contributed by atoms with Crippen molar-refractivity contribution in [1.82, 2.24) is 10.2 Å². The lowest BCUT2D eigenvalue weighted by molar-refractivity contribution is 0.190. The Balaban J connectivity index is 1.75. The highest BCUT2D eigenvalue weighted by Gasteiger charge is 2.16. The minimum atomic E-state index is -0.986. The Kier molecular flexibility index (Phi) is 9.00. The minimum absolute atomic E-state index is 0.0534. The van der Waals surface area contributed by atoms with Crippen LogP contribution in [0.3, 0.4) is 0 Å². The number of unbranched alkanes of at least 4 members (excludes halogenated alkanes) is 1. The maximum absolute atomic E-state index is 12.6. The predicted molar refractivity (Wildman–Crippen MR) is 110 cm³/mol. The van der Waals surface area contributed by atoms with Crippen molar-refractivity contribution in [3.05, 3.63) is 44.8 Å². The van der Waals surface area contributed by atoms with Gasteiger partial charge in [0, 0.05) is 21.5 Å². The van der Waals surface area contributed by atoms with E-state index in [0.29, 0.717) is 13.1 Å². The largest absolute Gasteiger partial charge is 0.465 e. The summed E-state index contributed by atoms with van der Waals surface area (Å²) >= 11 is 4.69. The van der Waals surface area contributed by atoms with Crippen LogP contribution < -0.4 is 5.32 Å². The van der Waals surface area contributed by atoms with Gasteiger partial charge in [-0.1, -0.05) is 30.3 Å². The summed E-state index contributed by atoms with van der Waals surface area (Å²) in [6.07, 6.45) is 1.60. The third kappa shape index (κ3) is 7.80. The maximum atomic E-state index is 12.6. The van der Waals surface area contributed by atoms with Crippen LogP contribution in [0.5, 0.6) is 0 Å². The number of carbonyl (C=O) groups is 2. The predicted octanol–water partition coefficient (Wildman–Crippen LogP) is 5.49. The molecule has 2 rings (SSSR count). The van der Waals surface area contributed by atoms with E-state index in [1.165, 1.54) is 21.5 Å². The molecule has 0 fully saturated rings. The van der Waals surface area contributed by atoms with Crippen molar-refractivity contribution in [2.75, 3.05) is 5.75 Å². The highest BCUT2D eigenvalue weighted by Crippen LogP contribution is 2.21. The third-order valence-corrected chi connectivity index (χ3v) is 6.46. The summed E-state index contributed by atoms with van der Waals surface area (Å²) in [6, 6.07) is 8.07. The number of nitrogens with one attached hydrogen (secondary N) is 1. The zero-order chi connectivity index (χ0) is 18.8. The molecule has 2 heterocycles. The van der Waals surface area contributed by atoms with Crippen LogP contribution >= 0.6 is 34.4 Å². The molecule has 2 aromatic heterocycles. The highest BCUT2D eigenvalue weighted by atomic mass is 32.2. The molecule has 0 radical (unpaired) electrons. The van der Waals surface area contributed by atoms with Crippen molar-refractivity contribution in [2.45, 2.75) is 45.3 Å². The van der Waals surface area contributed by atoms with E-state index < -0.39 is 6.09 Å². The zero-order valence-electron chi connectivity index (χ0n) is 14.7. The number of carbonyl (C=O) groups excluding carboxylic acids is 1. The number of nitrogens with zero attached hydrogens (tertiary/aromatic N) is 1. The van der Waals surface area contributed by atoms with Gasteiger partial charge < -0.3 is 15.3 Å². The van der Waals surface area contributed by atoms with Gasteiger partial charge in [-0.2, -0.15) is 0 Å². The van der Waals surface area contributed by atoms with E-state index in [0.717, 1.165) is 25.0 Å². The van der Waals surface area contributed by atoms with Gasteiger partial charge in [0.15, 0.2) is 0 Å². The molecule has 0 aliphatic rings. The Morgan fingerprint density at radius 3 is 2.27 bits per heavy atom. The molecular formula is C18H24N2O3S3. The number of hydrogen-bond acceptors (Lipinski definition) is 5. The fraction of sp³-hybridized carbons (Fsp3) is 0.444. The molecule has 142 valence electrons. The standard InChI is InChI=1S/C18H24N2O3S3/c1-14(19-17(21)22)6-2-3-9-26-18(23)20(12-15-7-4-10-24-15)13-16-8-5-11-25-16/h4-5,7-8,10-11,14,19H,2-3,6,9,12-13H2,1H3,(H,21,22). The molecule has 0 aliphatic carbocycles. The lowest BCUT2D eigenvalue weighted by Gasteiger charge is -2.21. The number of amides is 2. The molecule has 2 N–H and O–H groups in total. The van der Waals surface area contributed by atoms with Crippen LogP contribution in [0.25, 0.3) is 0 Å². The summed E-state index contributed by atoms with van der Waals surface area (Å²) < 4.78 is 0. The summed E-state index contributed by atoms with van der Waals surface area (Å²) in [4.78, 5) is 27.5. The summed E-state index contributed by atoms with van der Waals surface area (Å²) in [5, 5.41) is 15.3. The maximum Gasteiger partial charge on any atom is 0.404 e. The minimum Gasteiger partial charge on any atom is -0.465 e. The molecule has 2 aromatic rings. The smallest absolute Gasteiger partial charge is 0.404 e. The van der Waals surface area contributed by atoms with Crippen molar-refractivity contribution in [2.24, 2.45) is 0 Å². The first-order chi connectivity index (χ1) is 12.5. The van der Waals surface area contributed by atoms with Crippen LogP contribution in [0, 0.1) is 0 Å². The number of carboxylic acid groups (broad SMARTS) is 1. The fourth-order valence-corrected chi connectivity index (χ4v) is 4.73. The first kappa shape index (κ1) is 20.8. The molecular weight excluding hydrogens is 388 g/mol. The van der Waals surface area contributed by atoms with E-state index >= 15 is 0 Å². The second kappa shape index (κ2) is 11.3. The van der Waals surface area contributed by atoms with Crippen molar-refractivity contribution in [1.29, 1.82) is 0 Å². The van der Waals surface area contributed by atoms with Gasteiger partial charge in [0.2, 0.25) is 0 Å². The zero-order valence-corrected chi connectivity index (χ0v) is 17.2. The highest BCUT2D eigenvalue weighted by molar-refractivity contribution is 8.13. The van der Waals surface area contributed by atoms with Gasteiger partial charge >= 0.3 is 6.09 Å². The van der Waals surface area contributed by atoms with Gasteiger partial charge in [0.25, 0.3) is 5.24 Å². The van der Waals surface area contributed by atoms with Gasteiger partial charge in [-0.05, 0) is 42.7 Å². The van der Waals surface area contributed by atoms with Gasteiger partial charge in [0.1, 0.15) is 0 Å². The lowest BCUT2D eigenvalue weighted by atomic mass is 10.1. The molecule has 1 unspecified atom stereocenters. The van der Waals surface area contributed by atoms with Crippen LogP contribution in [0.15, 0.2) is 35.0 Å². The van der Waals surface area contributed by atoms with Crippen molar-refractivity contribution < 1.29 is 14.7 Å². The number of rotatable bonds is 10. The van der Waals surface area contributed by atoms with Gasteiger partial charge in [-0.25, -0.2) is 4.79 Å². The Bertz CT molecular complexity index is 623. The van der Waals surface area contributed by atoms with E-state index in [1.807, 2.05) is 34.7 Å². The Hall–Kier alpha value is -1.51. The van der Waals surface area contributed by atoms with Crippen LogP contribution in [0.4, 0.5) is 9.59 Å². The van der Waals surface area contributed by atoms with E-state index in [-0.39, 0.29) is 11.3 Å². The Morgan fingerprint density at radius 2 is 1.77 bits per heavy atom. The molecule has 0 saturated heterocycles. The molecule has 0 aromatic carbocycles.